The molecule has 88 valence electrons. The first kappa shape index (κ1) is 11.6. The Labute approximate surface area is 99.2 Å². The summed E-state index contributed by atoms with van der Waals surface area (Å²) >= 11 is 0. The average Bonchev–Trinajstić information content (AvgIpc) is 2.82. The van der Waals surface area contributed by atoms with Crippen LogP contribution in [0.4, 0.5) is 0 Å². The zero-order valence-corrected chi connectivity index (χ0v) is 9.18. The molecule has 1 aliphatic rings. The van der Waals surface area contributed by atoms with Gasteiger partial charge in [0.05, 0.1) is 13.2 Å². The molecule has 1 aromatic carbocycles. The molecule has 0 saturated carbocycles. The van der Waals surface area contributed by atoms with Crippen molar-refractivity contribution in [2.45, 2.75) is 12.7 Å². The van der Waals surface area contributed by atoms with Gasteiger partial charge >= 0.3 is 5.97 Å². The second-order valence-electron chi connectivity index (χ2n) is 3.53. The quantitative estimate of drug-likeness (QED) is 0.786. The molecule has 1 aliphatic heterocycles. The number of hydrogen-bond donors (Lipinski definition) is 1. The van der Waals surface area contributed by atoms with Crippen LogP contribution in [0.1, 0.15) is 23.8 Å². The summed E-state index contributed by atoms with van der Waals surface area (Å²) < 4.78 is 10.8. The lowest BCUT2D eigenvalue weighted by atomic mass is 10.1. The molecule has 17 heavy (non-hydrogen) atoms. The van der Waals surface area contributed by atoms with Crippen LogP contribution >= 0.6 is 0 Å². The lowest BCUT2D eigenvalue weighted by molar-refractivity contribution is -0.135. The molecule has 1 fully saturated rings. The minimum Gasteiger partial charge on any atom is -0.481 e. The van der Waals surface area contributed by atoms with Gasteiger partial charge in [0.1, 0.15) is 6.42 Å². The van der Waals surface area contributed by atoms with Gasteiger partial charge in [-0.1, -0.05) is 30.0 Å². The van der Waals surface area contributed by atoms with E-state index in [0.29, 0.717) is 13.2 Å². The SMILES string of the molecule is O=C(O)CC#Cc1ccccc1C1OCCO1. The molecular formula is C13H12O4. The molecule has 1 N–H and O–H groups in total. The van der Waals surface area contributed by atoms with E-state index < -0.39 is 5.97 Å². The van der Waals surface area contributed by atoms with E-state index in [9.17, 15) is 4.79 Å². The molecule has 0 aromatic heterocycles. The first-order chi connectivity index (χ1) is 8.27. The number of rotatable bonds is 2. The van der Waals surface area contributed by atoms with Crippen molar-refractivity contribution in [3.05, 3.63) is 35.4 Å². The second kappa shape index (κ2) is 5.48. The van der Waals surface area contributed by atoms with Gasteiger partial charge in [0.25, 0.3) is 0 Å². The molecule has 4 heteroatoms. The van der Waals surface area contributed by atoms with Crippen LogP contribution in [-0.4, -0.2) is 24.3 Å². The number of carbonyl (C=O) groups is 1. The van der Waals surface area contributed by atoms with E-state index in [1.165, 1.54) is 0 Å². The van der Waals surface area contributed by atoms with Gasteiger partial charge in [-0.2, -0.15) is 0 Å². The molecule has 0 amide bonds. The molecule has 2 rings (SSSR count). The molecule has 4 nitrogen and oxygen atoms in total. The van der Waals surface area contributed by atoms with Gasteiger partial charge in [0.15, 0.2) is 6.29 Å². The van der Waals surface area contributed by atoms with Crippen LogP contribution < -0.4 is 0 Å². The first-order valence-electron chi connectivity index (χ1n) is 5.30. The molecule has 1 heterocycles. The number of benzene rings is 1. The third-order valence-corrected chi connectivity index (χ3v) is 2.30. The van der Waals surface area contributed by atoms with Crippen molar-refractivity contribution in [1.29, 1.82) is 0 Å². The van der Waals surface area contributed by atoms with Crippen molar-refractivity contribution in [1.82, 2.24) is 0 Å². The Bertz CT molecular complexity index is 464. The van der Waals surface area contributed by atoms with Gasteiger partial charge in [-0.3, -0.25) is 4.79 Å². The van der Waals surface area contributed by atoms with Crippen LogP contribution in [-0.2, 0) is 14.3 Å². The standard InChI is InChI=1S/C13H12O4/c14-12(15)7-3-5-10-4-1-2-6-11(10)13-16-8-9-17-13/h1-2,4,6,13H,7-9H2,(H,14,15). The van der Waals surface area contributed by atoms with Crippen LogP contribution in [0.3, 0.4) is 0 Å². The predicted molar refractivity (Wildman–Crippen MR) is 60.2 cm³/mol. The third-order valence-electron chi connectivity index (χ3n) is 2.30. The summed E-state index contributed by atoms with van der Waals surface area (Å²) in [6, 6.07) is 7.43. The summed E-state index contributed by atoms with van der Waals surface area (Å²) in [6.45, 7) is 1.14. The Hall–Kier alpha value is -1.83. The summed E-state index contributed by atoms with van der Waals surface area (Å²) in [5.74, 6) is 4.51. The van der Waals surface area contributed by atoms with Crippen molar-refractivity contribution in [3.8, 4) is 11.8 Å². The normalized spacial score (nSPS) is 15.3. The maximum atomic E-state index is 10.4. The lowest BCUT2D eigenvalue weighted by Gasteiger charge is -2.10. The number of carboxylic acid groups (broad SMARTS) is 1. The Kier molecular flexibility index (Phi) is 3.76. The minimum absolute atomic E-state index is 0.166. The molecule has 1 aromatic rings. The molecule has 0 bridgehead atoms. The molecule has 0 atom stereocenters. The predicted octanol–water partition coefficient (Wildman–Crippen LogP) is 1.56. The Morgan fingerprint density at radius 1 is 1.35 bits per heavy atom. The van der Waals surface area contributed by atoms with Crippen molar-refractivity contribution in [3.63, 3.8) is 0 Å². The zero-order valence-electron chi connectivity index (χ0n) is 9.18. The zero-order chi connectivity index (χ0) is 12.1. The summed E-state index contributed by atoms with van der Waals surface area (Å²) in [5.41, 5.74) is 1.60. The van der Waals surface area contributed by atoms with Gasteiger partial charge < -0.3 is 14.6 Å². The van der Waals surface area contributed by atoms with Crippen LogP contribution in [0, 0.1) is 11.8 Å². The molecule has 0 spiro atoms. The monoisotopic (exact) mass is 232 g/mol. The highest BCUT2D eigenvalue weighted by molar-refractivity contribution is 5.70. The topological polar surface area (TPSA) is 55.8 Å². The van der Waals surface area contributed by atoms with Gasteiger partial charge in [-0.05, 0) is 6.07 Å². The smallest absolute Gasteiger partial charge is 0.315 e. The molecular weight excluding hydrogens is 220 g/mol. The summed E-state index contributed by atoms with van der Waals surface area (Å²) in [5, 5.41) is 8.52. The van der Waals surface area contributed by atoms with E-state index >= 15 is 0 Å². The number of ether oxygens (including phenoxy) is 2. The highest BCUT2D eigenvalue weighted by Crippen LogP contribution is 2.25. The number of hydrogen-bond acceptors (Lipinski definition) is 3. The van der Waals surface area contributed by atoms with Gasteiger partial charge in [0, 0.05) is 11.1 Å². The molecule has 0 radical (unpaired) electrons. The Morgan fingerprint density at radius 3 is 2.76 bits per heavy atom. The molecule has 0 unspecified atom stereocenters. The number of carboxylic acids is 1. The van der Waals surface area contributed by atoms with Gasteiger partial charge in [-0.15, -0.1) is 0 Å². The van der Waals surface area contributed by atoms with Gasteiger partial charge in [-0.25, -0.2) is 0 Å². The van der Waals surface area contributed by atoms with Crippen LogP contribution in [0.2, 0.25) is 0 Å². The highest BCUT2D eigenvalue weighted by atomic mass is 16.7. The maximum Gasteiger partial charge on any atom is 0.315 e. The fourth-order valence-electron chi connectivity index (χ4n) is 1.57. The van der Waals surface area contributed by atoms with E-state index in [1.54, 1.807) is 0 Å². The van der Waals surface area contributed by atoms with Gasteiger partial charge in [0.2, 0.25) is 0 Å². The van der Waals surface area contributed by atoms with E-state index in [2.05, 4.69) is 11.8 Å². The van der Waals surface area contributed by atoms with E-state index in [4.69, 9.17) is 14.6 Å². The maximum absolute atomic E-state index is 10.4. The van der Waals surface area contributed by atoms with E-state index in [1.807, 2.05) is 24.3 Å². The third kappa shape index (κ3) is 3.06. The van der Waals surface area contributed by atoms with Crippen LogP contribution in [0.25, 0.3) is 0 Å². The van der Waals surface area contributed by atoms with E-state index in [-0.39, 0.29) is 12.7 Å². The van der Waals surface area contributed by atoms with Crippen molar-refractivity contribution in [2.75, 3.05) is 13.2 Å². The Balaban J connectivity index is 2.20. The first-order valence-corrected chi connectivity index (χ1v) is 5.30. The Morgan fingerprint density at radius 2 is 2.06 bits per heavy atom. The summed E-state index contributed by atoms with van der Waals surface area (Å²) in [7, 11) is 0. The summed E-state index contributed by atoms with van der Waals surface area (Å²) in [4.78, 5) is 10.4. The van der Waals surface area contributed by atoms with Crippen molar-refractivity contribution in [2.24, 2.45) is 0 Å². The highest BCUT2D eigenvalue weighted by Gasteiger charge is 2.20. The lowest BCUT2D eigenvalue weighted by Crippen LogP contribution is -2.00. The number of aliphatic carboxylic acids is 1. The van der Waals surface area contributed by atoms with E-state index in [0.717, 1.165) is 11.1 Å². The molecule has 0 aliphatic carbocycles. The van der Waals surface area contributed by atoms with Crippen LogP contribution in [0.15, 0.2) is 24.3 Å². The van der Waals surface area contributed by atoms with Crippen LogP contribution in [0.5, 0.6) is 0 Å². The molecule has 1 saturated heterocycles. The van der Waals surface area contributed by atoms with Crippen molar-refractivity contribution >= 4 is 5.97 Å². The minimum atomic E-state index is -0.927. The van der Waals surface area contributed by atoms with Crippen molar-refractivity contribution < 1.29 is 19.4 Å². The summed E-state index contributed by atoms with van der Waals surface area (Å²) in [6.07, 6.45) is -0.550. The largest absolute Gasteiger partial charge is 0.481 e. The second-order valence-corrected chi connectivity index (χ2v) is 3.53. The average molecular weight is 232 g/mol. The fraction of sp³-hybridized carbons (Fsp3) is 0.308. The fourth-order valence-corrected chi connectivity index (χ4v) is 1.57.